The second kappa shape index (κ2) is 7.40. The van der Waals surface area contributed by atoms with Gasteiger partial charge in [-0.05, 0) is 48.9 Å². The van der Waals surface area contributed by atoms with Crippen molar-refractivity contribution in [2.75, 3.05) is 10.6 Å². The van der Waals surface area contributed by atoms with Crippen LogP contribution in [0.5, 0.6) is 0 Å². The highest BCUT2D eigenvalue weighted by Crippen LogP contribution is 2.36. The molecule has 0 atom stereocenters. The number of fused-ring (bicyclic) bond motifs is 3. The van der Waals surface area contributed by atoms with Gasteiger partial charge in [0.05, 0.1) is 17.6 Å². The molecule has 1 aliphatic carbocycles. The number of sulfonamides is 1. The molecule has 0 aliphatic heterocycles. The Morgan fingerprint density at radius 3 is 1.93 bits per heavy atom. The van der Waals surface area contributed by atoms with E-state index < -0.39 is 21.8 Å². The molecule has 30 heavy (non-hydrogen) atoms. The van der Waals surface area contributed by atoms with Crippen LogP contribution in [0.4, 0.5) is 5.69 Å². The summed E-state index contributed by atoms with van der Waals surface area (Å²) >= 11 is 0. The Morgan fingerprint density at radius 1 is 1.00 bits per heavy atom. The van der Waals surface area contributed by atoms with E-state index in [9.17, 15) is 13.2 Å². The summed E-state index contributed by atoms with van der Waals surface area (Å²) in [7, 11) is -2.09. The van der Waals surface area contributed by atoms with Gasteiger partial charge in [-0.15, -0.1) is 0 Å². The van der Waals surface area contributed by atoms with Gasteiger partial charge < -0.3 is 0 Å². The van der Waals surface area contributed by atoms with Crippen molar-refractivity contribution in [1.29, 1.82) is 0 Å². The summed E-state index contributed by atoms with van der Waals surface area (Å²) < 4.78 is 28.1. The van der Waals surface area contributed by atoms with Crippen LogP contribution < -0.4 is 4.31 Å². The number of aryl methyl sites for hydroxylation is 2. The summed E-state index contributed by atoms with van der Waals surface area (Å²) in [5.41, 5.74) is 5.81. The molecular weight excluding hydrogens is 398 g/mol. The summed E-state index contributed by atoms with van der Waals surface area (Å²) in [4.78, 5) is 13.7. The molecule has 0 unspecified atom stereocenters. The Kier molecular flexibility index (Phi) is 5.02. The third-order valence-corrected chi connectivity index (χ3v) is 6.84. The molecule has 0 saturated heterocycles. The Labute approximate surface area is 177 Å². The molecule has 0 bridgehead atoms. The number of hydrogen-bond acceptors (Lipinski definition) is 4. The first-order valence-electron chi connectivity index (χ1n) is 9.89. The number of rotatable bonds is 3. The normalized spacial score (nSPS) is 14.0. The van der Waals surface area contributed by atoms with E-state index in [1.165, 1.54) is 0 Å². The topological polar surface area (TPSA) is 72.3 Å². The zero-order valence-electron chi connectivity index (χ0n) is 17.6. The lowest BCUT2D eigenvalue weighted by Gasteiger charge is -2.25. The molecule has 0 spiro atoms. The molecule has 0 fully saturated rings. The zero-order valence-corrected chi connectivity index (χ0v) is 18.4. The van der Waals surface area contributed by atoms with E-state index in [-0.39, 0.29) is 0 Å². The fraction of sp³-hybridized carbons (Fsp3) is 0.304. The lowest BCUT2D eigenvalue weighted by Crippen LogP contribution is -2.42. The van der Waals surface area contributed by atoms with Crippen molar-refractivity contribution in [3.8, 4) is 11.1 Å². The third kappa shape index (κ3) is 3.43. The van der Waals surface area contributed by atoms with Crippen molar-refractivity contribution >= 4 is 21.6 Å². The van der Waals surface area contributed by atoms with E-state index in [0.29, 0.717) is 29.9 Å². The van der Waals surface area contributed by atoms with Gasteiger partial charge in [0.2, 0.25) is 15.9 Å². The van der Waals surface area contributed by atoms with Crippen molar-refractivity contribution in [1.82, 2.24) is 9.78 Å². The van der Waals surface area contributed by atoms with Crippen molar-refractivity contribution in [2.45, 2.75) is 26.7 Å². The van der Waals surface area contributed by atoms with Gasteiger partial charge in [-0.2, -0.15) is 5.10 Å². The van der Waals surface area contributed by atoms with E-state index in [1.807, 2.05) is 36.4 Å². The highest BCUT2D eigenvalue weighted by Gasteiger charge is 2.36. The molecule has 0 saturated carbocycles. The maximum Gasteiger partial charge on any atom is 0.244 e. The molecule has 1 amide bonds. The van der Waals surface area contributed by atoms with E-state index in [0.717, 1.165) is 32.8 Å². The Hall–Kier alpha value is -2.93. The van der Waals surface area contributed by atoms with E-state index >= 15 is 0 Å². The number of nitrogens with zero attached hydrogens (tertiary/aromatic N) is 3. The summed E-state index contributed by atoms with van der Waals surface area (Å²) in [5.74, 6) is -0.910. The standard InChI is InChI=1S/C23H25N3O3S/c1-15-22(16(2)25(3)24-15)26(30(4,28)29)23(27)19-13-17-9-5-7-11-20(17)21-12-8-6-10-18(21)14-19/h5-12,19H,13-14H2,1-4H3. The van der Waals surface area contributed by atoms with E-state index in [4.69, 9.17) is 0 Å². The number of carbonyl (C=O) groups is 1. The van der Waals surface area contributed by atoms with Crippen LogP contribution in [0, 0.1) is 19.8 Å². The first-order chi connectivity index (χ1) is 14.2. The Morgan fingerprint density at radius 2 is 1.50 bits per heavy atom. The van der Waals surface area contributed by atoms with Gasteiger partial charge in [-0.3, -0.25) is 9.48 Å². The summed E-state index contributed by atoms with van der Waals surface area (Å²) in [5, 5.41) is 4.32. The molecular formula is C23H25N3O3S. The van der Waals surface area contributed by atoms with Crippen molar-refractivity contribution in [3.05, 3.63) is 71.0 Å². The lowest BCUT2D eigenvalue weighted by molar-refractivity contribution is -0.121. The van der Waals surface area contributed by atoms with Crippen LogP contribution in [0.1, 0.15) is 22.5 Å². The minimum absolute atomic E-state index is 0.357. The molecule has 156 valence electrons. The summed E-state index contributed by atoms with van der Waals surface area (Å²) in [6.07, 6.45) is 2.04. The van der Waals surface area contributed by atoms with Crippen LogP contribution in [0.15, 0.2) is 48.5 Å². The molecule has 7 heteroatoms. The number of anilines is 1. The highest BCUT2D eigenvalue weighted by atomic mass is 32.2. The smallest absolute Gasteiger partial charge is 0.244 e. The van der Waals surface area contributed by atoms with E-state index in [1.54, 1.807) is 25.6 Å². The fourth-order valence-corrected chi connectivity index (χ4v) is 5.43. The average molecular weight is 424 g/mol. The van der Waals surface area contributed by atoms with Crippen LogP contribution in [0.2, 0.25) is 0 Å². The molecule has 0 N–H and O–H groups in total. The molecule has 1 heterocycles. The number of benzene rings is 2. The number of amides is 1. The van der Waals surface area contributed by atoms with Gasteiger partial charge >= 0.3 is 0 Å². The van der Waals surface area contributed by atoms with Crippen molar-refractivity contribution < 1.29 is 13.2 Å². The van der Waals surface area contributed by atoms with Crippen LogP contribution in [0.25, 0.3) is 11.1 Å². The second-order valence-electron chi connectivity index (χ2n) is 7.93. The van der Waals surface area contributed by atoms with Crippen LogP contribution in [-0.2, 0) is 34.7 Å². The van der Waals surface area contributed by atoms with Gasteiger partial charge in [0, 0.05) is 13.0 Å². The maximum absolute atomic E-state index is 13.7. The predicted molar refractivity (Wildman–Crippen MR) is 118 cm³/mol. The SMILES string of the molecule is Cc1nn(C)c(C)c1N(C(=O)C1Cc2ccccc2-c2ccccc2C1)S(C)(=O)=O. The molecule has 4 rings (SSSR count). The lowest BCUT2D eigenvalue weighted by atomic mass is 9.94. The summed E-state index contributed by atoms with van der Waals surface area (Å²) in [6.45, 7) is 3.50. The minimum Gasteiger partial charge on any atom is -0.273 e. The molecule has 2 aromatic carbocycles. The van der Waals surface area contributed by atoms with Crippen molar-refractivity contribution in [2.24, 2.45) is 13.0 Å². The molecule has 6 nitrogen and oxygen atoms in total. The van der Waals surface area contributed by atoms with Gasteiger partial charge in [0.1, 0.15) is 5.69 Å². The monoisotopic (exact) mass is 423 g/mol. The molecule has 1 aliphatic rings. The summed E-state index contributed by atoms with van der Waals surface area (Å²) in [6, 6.07) is 16.0. The predicted octanol–water partition coefficient (Wildman–Crippen LogP) is 3.41. The van der Waals surface area contributed by atoms with E-state index in [2.05, 4.69) is 17.2 Å². The van der Waals surface area contributed by atoms with Crippen molar-refractivity contribution in [3.63, 3.8) is 0 Å². The molecule has 1 aromatic heterocycles. The molecule has 0 radical (unpaired) electrons. The van der Waals surface area contributed by atoms with Gasteiger partial charge in [-0.25, -0.2) is 12.7 Å². The Balaban J connectivity index is 1.84. The first-order valence-corrected chi connectivity index (χ1v) is 11.7. The van der Waals surface area contributed by atoms with Crippen LogP contribution >= 0.6 is 0 Å². The fourth-order valence-electron chi connectivity index (χ4n) is 4.36. The van der Waals surface area contributed by atoms with Crippen LogP contribution in [0.3, 0.4) is 0 Å². The number of aromatic nitrogens is 2. The Bertz CT molecular complexity index is 1200. The average Bonchev–Trinajstić information content (AvgIpc) is 2.86. The second-order valence-corrected chi connectivity index (χ2v) is 9.76. The zero-order chi connectivity index (χ0) is 21.6. The van der Waals surface area contributed by atoms with Gasteiger partial charge in [0.25, 0.3) is 0 Å². The largest absolute Gasteiger partial charge is 0.273 e. The molecule has 3 aromatic rings. The first kappa shape index (κ1) is 20.3. The van der Waals surface area contributed by atoms with Gasteiger partial charge in [-0.1, -0.05) is 48.5 Å². The number of hydrogen-bond donors (Lipinski definition) is 0. The van der Waals surface area contributed by atoms with Crippen LogP contribution in [-0.4, -0.2) is 30.4 Å². The number of carbonyl (C=O) groups excluding carboxylic acids is 1. The maximum atomic E-state index is 13.7. The third-order valence-electron chi connectivity index (χ3n) is 5.81. The highest BCUT2D eigenvalue weighted by molar-refractivity contribution is 7.92. The minimum atomic E-state index is -3.83. The van der Waals surface area contributed by atoms with Gasteiger partial charge in [0.15, 0.2) is 0 Å². The quantitative estimate of drug-likeness (QED) is 0.647.